The van der Waals surface area contributed by atoms with E-state index in [0.717, 1.165) is 11.1 Å². The van der Waals surface area contributed by atoms with Crippen LogP contribution in [0.2, 0.25) is 0 Å². The third-order valence-electron chi connectivity index (χ3n) is 2.74. The Balaban J connectivity index is 2.12. The van der Waals surface area contributed by atoms with Gasteiger partial charge in [-0.1, -0.05) is 13.8 Å². The molecule has 0 saturated carbocycles. The second-order valence-electron chi connectivity index (χ2n) is 5.17. The van der Waals surface area contributed by atoms with Gasteiger partial charge in [-0.25, -0.2) is 8.42 Å². The SMILES string of the molecule is Cc1cncc(NS(=O)(=O)c2cc(CNC(C)C)cs2)c1. The van der Waals surface area contributed by atoms with Crippen molar-refractivity contribution in [3.8, 4) is 0 Å². The van der Waals surface area contributed by atoms with Crippen LogP contribution in [-0.2, 0) is 16.6 Å². The van der Waals surface area contributed by atoms with Gasteiger partial charge >= 0.3 is 0 Å². The summed E-state index contributed by atoms with van der Waals surface area (Å²) in [6.07, 6.45) is 3.18. The van der Waals surface area contributed by atoms with Gasteiger partial charge in [-0.15, -0.1) is 11.3 Å². The number of nitrogens with one attached hydrogen (secondary N) is 2. The van der Waals surface area contributed by atoms with Gasteiger partial charge in [0, 0.05) is 18.8 Å². The van der Waals surface area contributed by atoms with E-state index in [4.69, 9.17) is 0 Å². The van der Waals surface area contributed by atoms with Gasteiger partial charge in [0.1, 0.15) is 4.21 Å². The number of aromatic nitrogens is 1. The van der Waals surface area contributed by atoms with Crippen molar-refractivity contribution < 1.29 is 8.42 Å². The molecule has 2 heterocycles. The summed E-state index contributed by atoms with van der Waals surface area (Å²) < 4.78 is 27.5. The highest BCUT2D eigenvalue weighted by atomic mass is 32.2. The zero-order valence-electron chi connectivity index (χ0n) is 12.3. The van der Waals surface area contributed by atoms with E-state index in [9.17, 15) is 8.42 Å². The molecule has 0 fully saturated rings. The molecule has 0 bridgehead atoms. The van der Waals surface area contributed by atoms with Gasteiger partial charge in [0.25, 0.3) is 10.0 Å². The Morgan fingerprint density at radius 2 is 2.05 bits per heavy atom. The molecule has 0 aliphatic carbocycles. The third-order valence-corrected chi connectivity index (χ3v) is 5.61. The van der Waals surface area contributed by atoms with Crippen molar-refractivity contribution in [2.45, 2.75) is 37.6 Å². The summed E-state index contributed by atoms with van der Waals surface area (Å²) in [5, 5.41) is 5.12. The van der Waals surface area contributed by atoms with E-state index in [1.165, 1.54) is 17.5 Å². The van der Waals surface area contributed by atoms with E-state index < -0.39 is 10.0 Å². The first-order chi connectivity index (χ1) is 9.87. The van der Waals surface area contributed by atoms with Crippen LogP contribution in [0, 0.1) is 6.92 Å². The summed E-state index contributed by atoms with van der Waals surface area (Å²) in [6, 6.07) is 3.81. The molecule has 114 valence electrons. The highest BCUT2D eigenvalue weighted by Crippen LogP contribution is 2.23. The molecule has 0 aliphatic heterocycles. The lowest BCUT2D eigenvalue weighted by Gasteiger charge is -2.07. The van der Waals surface area contributed by atoms with Crippen LogP contribution >= 0.6 is 11.3 Å². The normalized spacial score (nSPS) is 11.8. The molecule has 5 nitrogen and oxygen atoms in total. The van der Waals surface area contributed by atoms with Crippen LogP contribution in [0.5, 0.6) is 0 Å². The number of rotatable bonds is 6. The zero-order chi connectivity index (χ0) is 15.5. The molecule has 2 aromatic heterocycles. The van der Waals surface area contributed by atoms with Crippen molar-refractivity contribution in [1.29, 1.82) is 0 Å². The molecule has 2 aromatic rings. The van der Waals surface area contributed by atoms with Gasteiger partial charge in [-0.3, -0.25) is 9.71 Å². The number of hydrogen-bond acceptors (Lipinski definition) is 5. The summed E-state index contributed by atoms with van der Waals surface area (Å²) in [5.74, 6) is 0. The minimum atomic E-state index is -3.55. The minimum Gasteiger partial charge on any atom is -0.310 e. The van der Waals surface area contributed by atoms with E-state index in [1.807, 2.05) is 12.3 Å². The lowest BCUT2D eigenvalue weighted by molar-refractivity contribution is 0.589. The Labute approximate surface area is 129 Å². The smallest absolute Gasteiger partial charge is 0.271 e. The van der Waals surface area contributed by atoms with Crippen molar-refractivity contribution in [2.24, 2.45) is 0 Å². The van der Waals surface area contributed by atoms with E-state index in [0.29, 0.717) is 22.5 Å². The number of nitrogens with zero attached hydrogens (tertiary/aromatic N) is 1. The molecule has 0 spiro atoms. The van der Waals surface area contributed by atoms with Crippen LogP contribution in [0.25, 0.3) is 0 Å². The first kappa shape index (κ1) is 15.9. The standard InChI is InChI=1S/C14H19N3O2S2/c1-10(2)16-7-12-5-14(20-9-12)21(18,19)17-13-4-11(3)6-15-8-13/h4-6,8-10,16-17H,7H2,1-3H3. The van der Waals surface area contributed by atoms with Crippen molar-refractivity contribution in [3.05, 3.63) is 41.0 Å². The first-order valence-corrected chi connectivity index (χ1v) is 8.98. The fraction of sp³-hybridized carbons (Fsp3) is 0.357. The van der Waals surface area contributed by atoms with Crippen LogP contribution in [0.1, 0.15) is 25.0 Å². The highest BCUT2D eigenvalue weighted by Gasteiger charge is 2.17. The molecule has 2 rings (SSSR count). The van der Waals surface area contributed by atoms with Crippen molar-refractivity contribution in [2.75, 3.05) is 4.72 Å². The van der Waals surface area contributed by atoms with Crippen molar-refractivity contribution >= 4 is 27.0 Å². The average Bonchev–Trinajstić information content (AvgIpc) is 2.85. The van der Waals surface area contributed by atoms with Gasteiger partial charge in [-0.2, -0.15) is 0 Å². The third kappa shape index (κ3) is 4.52. The fourth-order valence-electron chi connectivity index (χ4n) is 1.72. The Morgan fingerprint density at radius 1 is 1.29 bits per heavy atom. The molecule has 0 saturated heterocycles. The Bertz CT molecular complexity index is 709. The number of anilines is 1. The lowest BCUT2D eigenvalue weighted by atomic mass is 10.3. The topological polar surface area (TPSA) is 71.1 Å². The predicted molar refractivity (Wildman–Crippen MR) is 86.1 cm³/mol. The van der Waals surface area contributed by atoms with E-state index in [-0.39, 0.29) is 0 Å². The quantitative estimate of drug-likeness (QED) is 0.857. The Hall–Kier alpha value is -1.44. The summed E-state index contributed by atoms with van der Waals surface area (Å²) in [7, 11) is -3.55. The van der Waals surface area contributed by atoms with Crippen LogP contribution < -0.4 is 10.0 Å². The minimum absolute atomic E-state index is 0.310. The molecule has 0 aromatic carbocycles. The first-order valence-electron chi connectivity index (χ1n) is 6.62. The maximum absolute atomic E-state index is 12.3. The maximum atomic E-state index is 12.3. The molecular formula is C14H19N3O2S2. The summed E-state index contributed by atoms with van der Waals surface area (Å²) in [5.41, 5.74) is 2.35. The maximum Gasteiger partial charge on any atom is 0.271 e. The lowest BCUT2D eigenvalue weighted by Crippen LogP contribution is -2.21. The van der Waals surface area contributed by atoms with Gasteiger partial charge in [0.2, 0.25) is 0 Å². The molecule has 0 atom stereocenters. The molecule has 0 aliphatic rings. The fourth-order valence-corrected chi connectivity index (χ4v) is 3.97. The van der Waals surface area contributed by atoms with Crippen LogP contribution in [0.15, 0.2) is 34.1 Å². The molecule has 21 heavy (non-hydrogen) atoms. The van der Waals surface area contributed by atoms with Gasteiger partial charge in [0.15, 0.2) is 0 Å². The van der Waals surface area contributed by atoms with Crippen LogP contribution in [0.4, 0.5) is 5.69 Å². The Morgan fingerprint density at radius 3 is 2.71 bits per heavy atom. The van der Waals surface area contributed by atoms with Crippen molar-refractivity contribution in [3.63, 3.8) is 0 Å². The second kappa shape index (κ2) is 6.55. The average molecular weight is 325 g/mol. The van der Waals surface area contributed by atoms with Crippen LogP contribution in [-0.4, -0.2) is 19.4 Å². The summed E-state index contributed by atoms with van der Waals surface area (Å²) >= 11 is 1.22. The summed E-state index contributed by atoms with van der Waals surface area (Å²) in [4.78, 5) is 3.98. The number of hydrogen-bond donors (Lipinski definition) is 2. The monoisotopic (exact) mass is 325 g/mol. The van der Waals surface area contributed by atoms with E-state index >= 15 is 0 Å². The number of thiophene rings is 1. The van der Waals surface area contributed by atoms with Crippen molar-refractivity contribution in [1.82, 2.24) is 10.3 Å². The molecule has 0 unspecified atom stereocenters. The van der Waals surface area contributed by atoms with Gasteiger partial charge in [0.05, 0.1) is 11.9 Å². The van der Waals surface area contributed by atoms with Crippen LogP contribution in [0.3, 0.4) is 0 Å². The molecular weight excluding hydrogens is 306 g/mol. The van der Waals surface area contributed by atoms with E-state index in [1.54, 1.807) is 18.3 Å². The number of sulfonamides is 1. The second-order valence-corrected chi connectivity index (χ2v) is 7.99. The molecule has 2 N–H and O–H groups in total. The molecule has 0 radical (unpaired) electrons. The highest BCUT2D eigenvalue weighted by molar-refractivity contribution is 7.94. The predicted octanol–water partition coefficient (Wildman–Crippen LogP) is 2.75. The number of pyridine rings is 1. The molecule has 7 heteroatoms. The molecule has 0 amide bonds. The van der Waals surface area contributed by atoms with Gasteiger partial charge < -0.3 is 5.32 Å². The Kier molecular flexibility index (Phi) is 4.97. The number of aryl methyl sites for hydroxylation is 1. The largest absolute Gasteiger partial charge is 0.310 e. The summed E-state index contributed by atoms with van der Waals surface area (Å²) in [6.45, 7) is 6.63. The van der Waals surface area contributed by atoms with E-state index in [2.05, 4.69) is 28.9 Å². The zero-order valence-corrected chi connectivity index (χ0v) is 13.9. The van der Waals surface area contributed by atoms with Gasteiger partial charge in [-0.05, 0) is 35.6 Å².